The number of morpholine rings is 2. The Morgan fingerprint density at radius 1 is 0.973 bits per heavy atom. The molecular weight excluding hydrogens is 472 g/mol. The third kappa shape index (κ3) is 9.40. The van der Waals surface area contributed by atoms with E-state index < -0.39 is 11.6 Å². The molecule has 10 heteroatoms. The number of piperidine rings is 1. The van der Waals surface area contributed by atoms with Crippen molar-refractivity contribution in [1.82, 2.24) is 25.3 Å². The zero-order chi connectivity index (χ0) is 26.7. The lowest BCUT2D eigenvalue weighted by Gasteiger charge is -2.39. The zero-order valence-electron chi connectivity index (χ0n) is 23.2. The number of hydrogen-bond acceptors (Lipinski definition) is 7. The van der Waals surface area contributed by atoms with E-state index in [9.17, 15) is 14.9 Å². The first kappa shape index (κ1) is 29.6. The third-order valence-corrected chi connectivity index (χ3v) is 8.32. The molecule has 3 aliphatic rings. The van der Waals surface area contributed by atoms with Gasteiger partial charge in [0.1, 0.15) is 11.6 Å². The minimum Gasteiger partial charge on any atom is -0.379 e. The van der Waals surface area contributed by atoms with E-state index in [1.165, 1.54) is 0 Å². The third-order valence-electron chi connectivity index (χ3n) is 8.32. The van der Waals surface area contributed by atoms with Crippen molar-refractivity contribution >= 4 is 11.9 Å². The summed E-state index contributed by atoms with van der Waals surface area (Å²) in [5.41, 5.74) is -0.818. The summed E-state index contributed by atoms with van der Waals surface area (Å²) in [4.78, 5) is 32.9. The van der Waals surface area contributed by atoms with Crippen LogP contribution in [0, 0.1) is 16.7 Å². The van der Waals surface area contributed by atoms with Crippen LogP contribution >= 0.6 is 0 Å². The molecule has 0 aliphatic carbocycles. The zero-order valence-corrected chi connectivity index (χ0v) is 23.2. The molecule has 0 aromatic heterocycles. The van der Waals surface area contributed by atoms with E-state index >= 15 is 0 Å². The smallest absolute Gasteiger partial charge is 0.318 e. The van der Waals surface area contributed by atoms with Crippen LogP contribution in [0.4, 0.5) is 4.79 Å². The number of hydrogen-bond donors (Lipinski definition) is 2. The monoisotopic (exact) mass is 520 g/mol. The van der Waals surface area contributed by atoms with Gasteiger partial charge in [-0.05, 0) is 50.6 Å². The van der Waals surface area contributed by atoms with Gasteiger partial charge in [0.05, 0.1) is 32.5 Å². The van der Waals surface area contributed by atoms with Crippen LogP contribution in [0.5, 0.6) is 0 Å². The Morgan fingerprint density at radius 3 is 2.11 bits per heavy atom. The van der Waals surface area contributed by atoms with Crippen molar-refractivity contribution in [2.24, 2.45) is 5.41 Å². The molecule has 0 unspecified atom stereocenters. The number of rotatable bonds is 11. The topological polar surface area (TPSA) is 110 Å². The molecule has 210 valence electrons. The highest BCUT2D eigenvalue weighted by atomic mass is 16.5. The maximum Gasteiger partial charge on any atom is 0.318 e. The summed E-state index contributed by atoms with van der Waals surface area (Å²) in [5, 5.41) is 16.1. The largest absolute Gasteiger partial charge is 0.379 e. The Labute approximate surface area is 223 Å². The van der Waals surface area contributed by atoms with Crippen LogP contribution < -0.4 is 10.6 Å². The van der Waals surface area contributed by atoms with Gasteiger partial charge >= 0.3 is 6.03 Å². The van der Waals surface area contributed by atoms with E-state index in [-0.39, 0.29) is 17.4 Å². The van der Waals surface area contributed by atoms with Gasteiger partial charge in [0, 0.05) is 39.3 Å². The van der Waals surface area contributed by atoms with E-state index in [1.54, 1.807) is 4.90 Å². The predicted octanol–water partition coefficient (Wildman–Crippen LogP) is 1.81. The first-order valence-electron chi connectivity index (χ1n) is 14.1. The first-order chi connectivity index (χ1) is 17.8. The second kappa shape index (κ2) is 14.3. The molecule has 3 amide bonds. The van der Waals surface area contributed by atoms with Gasteiger partial charge in [-0.25, -0.2) is 4.79 Å². The lowest BCUT2D eigenvalue weighted by Crippen LogP contribution is -2.60. The van der Waals surface area contributed by atoms with Crippen molar-refractivity contribution in [3.8, 4) is 6.07 Å². The van der Waals surface area contributed by atoms with E-state index in [2.05, 4.69) is 47.3 Å². The molecule has 3 aliphatic heterocycles. The van der Waals surface area contributed by atoms with E-state index in [0.717, 1.165) is 71.7 Å². The van der Waals surface area contributed by atoms with Gasteiger partial charge in [-0.15, -0.1) is 0 Å². The molecule has 3 fully saturated rings. The number of urea groups is 1. The second-order valence-electron chi connectivity index (χ2n) is 11.5. The van der Waals surface area contributed by atoms with Crippen LogP contribution in [0.25, 0.3) is 0 Å². The molecule has 0 bridgehead atoms. The summed E-state index contributed by atoms with van der Waals surface area (Å²) in [6, 6.07) is 1.51. The number of nitriles is 1. The molecule has 1 atom stereocenters. The molecule has 0 spiro atoms. The Bertz CT molecular complexity index is 765. The van der Waals surface area contributed by atoms with Crippen LogP contribution in [0.2, 0.25) is 0 Å². The Kier molecular flexibility index (Phi) is 11.4. The summed E-state index contributed by atoms with van der Waals surface area (Å²) >= 11 is 0. The molecular formula is C27H48N6O4. The summed E-state index contributed by atoms with van der Waals surface area (Å²) in [6.45, 7) is 15.8. The fourth-order valence-corrected chi connectivity index (χ4v) is 5.08. The number of nitrogens with zero attached hydrogens (tertiary/aromatic N) is 4. The van der Waals surface area contributed by atoms with Crippen molar-refractivity contribution in [3.05, 3.63) is 0 Å². The number of amides is 3. The highest BCUT2D eigenvalue weighted by molar-refractivity contribution is 5.87. The quantitative estimate of drug-likeness (QED) is 0.428. The van der Waals surface area contributed by atoms with Gasteiger partial charge in [-0.1, -0.05) is 27.2 Å². The van der Waals surface area contributed by atoms with E-state index in [4.69, 9.17) is 9.47 Å². The normalized spacial score (nSPS) is 22.2. The number of nitrogens with one attached hydrogen (secondary N) is 2. The van der Waals surface area contributed by atoms with Crippen molar-refractivity contribution in [3.63, 3.8) is 0 Å². The molecule has 0 saturated carbocycles. The molecule has 10 nitrogen and oxygen atoms in total. The van der Waals surface area contributed by atoms with Crippen molar-refractivity contribution in [2.45, 2.75) is 70.9 Å². The number of carbonyl (C=O) groups excluding carboxylic acids is 2. The van der Waals surface area contributed by atoms with Crippen LogP contribution in [-0.4, -0.2) is 117 Å². The summed E-state index contributed by atoms with van der Waals surface area (Å²) in [5.74, 6) is -0.254. The summed E-state index contributed by atoms with van der Waals surface area (Å²) in [7, 11) is 0. The maximum atomic E-state index is 13.5. The SMILES string of the molecule is CCC(C)(C)CC[C@H](NC(=O)N1CCOCC1)C(=O)NC1(C#N)CCN(CCCN2CCOCC2)CC1. The van der Waals surface area contributed by atoms with Crippen LogP contribution in [0.3, 0.4) is 0 Å². The Balaban J connectivity index is 1.53. The Morgan fingerprint density at radius 2 is 1.54 bits per heavy atom. The molecule has 0 radical (unpaired) electrons. The van der Waals surface area contributed by atoms with Crippen molar-refractivity contribution in [2.75, 3.05) is 78.8 Å². The van der Waals surface area contributed by atoms with Gasteiger partial charge in [0.25, 0.3) is 0 Å². The van der Waals surface area contributed by atoms with E-state index in [1.807, 2.05) is 0 Å². The van der Waals surface area contributed by atoms with Gasteiger partial charge in [0.2, 0.25) is 5.91 Å². The molecule has 0 aromatic carbocycles. The first-order valence-corrected chi connectivity index (χ1v) is 14.1. The standard InChI is InChI=1S/C27H48N6O4/c1-4-26(2,3)7-6-23(29-25(35)33-16-20-37-21-17-33)24(34)30-27(22-28)8-12-31(13-9-27)10-5-11-32-14-18-36-19-15-32/h23H,4-21H2,1-3H3,(H,29,35)(H,30,34)/t23-/m0/s1. The average molecular weight is 521 g/mol. The van der Waals surface area contributed by atoms with Crippen molar-refractivity contribution < 1.29 is 19.1 Å². The molecule has 0 aromatic rings. The van der Waals surface area contributed by atoms with Crippen LogP contribution in [0.1, 0.15) is 59.3 Å². The predicted molar refractivity (Wildman–Crippen MR) is 142 cm³/mol. The summed E-state index contributed by atoms with van der Waals surface area (Å²) < 4.78 is 10.8. The minimum atomic E-state index is -0.889. The average Bonchev–Trinajstić information content (AvgIpc) is 2.93. The van der Waals surface area contributed by atoms with Gasteiger partial charge in [-0.3, -0.25) is 9.69 Å². The number of likely N-dealkylation sites (tertiary alicyclic amines) is 1. The van der Waals surface area contributed by atoms with Crippen LogP contribution in [-0.2, 0) is 14.3 Å². The molecule has 2 N–H and O–H groups in total. The van der Waals surface area contributed by atoms with Crippen LogP contribution in [0.15, 0.2) is 0 Å². The lowest BCUT2D eigenvalue weighted by atomic mass is 9.83. The van der Waals surface area contributed by atoms with Gasteiger partial charge < -0.3 is 29.9 Å². The highest BCUT2D eigenvalue weighted by Gasteiger charge is 2.38. The molecule has 3 rings (SSSR count). The minimum absolute atomic E-state index is 0.0711. The fraction of sp³-hybridized carbons (Fsp3) is 0.889. The second-order valence-corrected chi connectivity index (χ2v) is 11.5. The van der Waals surface area contributed by atoms with Gasteiger partial charge in [-0.2, -0.15) is 5.26 Å². The number of carbonyl (C=O) groups is 2. The van der Waals surface area contributed by atoms with Gasteiger partial charge in [0.15, 0.2) is 0 Å². The van der Waals surface area contributed by atoms with Crippen molar-refractivity contribution in [1.29, 1.82) is 5.26 Å². The lowest BCUT2D eigenvalue weighted by molar-refractivity contribution is -0.125. The summed E-state index contributed by atoms with van der Waals surface area (Å²) in [6.07, 6.45) is 4.62. The van der Waals surface area contributed by atoms with E-state index in [0.29, 0.717) is 45.6 Å². The Hall–Kier alpha value is -1.93. The maximum absolute atomic E-state index is 13.5. The molecule has 37 heavy (non-hydrogen) atoms. The molecule has 3 saturated heterocycles. The molecule has 3 heterocycles. The highest BCUT2D eigenvalue weighted by Crippen LogP contribution is 2.28. The fourth-order valence-electron chi connectivity index (χ4n) is 5.08. The number of ether oxygens (including phenoxy) is 2.